The van der Waals surface area contributed by atoms with E-state index in [1.54, 1.807) is 11.4 Å². The number of nitrogens with one attached hydrogen (secondary N) is 1. The summed E-state index contributed by atoms with van der Waals surface area (Å²) in [6.07, 6.45) is 0.0169. The maximum Gasteiger partial charge on any atom is 0.306 e. The Morgan fingerprint density at radius 2 is 2.09 bits per heavy atom. The number of ether oxygens (including phenoxy) is 2. The van der Waals surface area contributed by atoms with Crippen LogP contribution in [0.1, 0.15) is 12.8 Å². The molecule has 0 saturated carbocycles. The first kappa shape index (κ1) is 16.9. The van der Waals surface area contributed by atoms with Crippen LogP contribution in [0.15, 0.2) is 23.6 Å². The number of nitrogens with zero attached hydrogens (tertiary/aromatic N) is 1. The second-order valence-electron chi connectivity index (χ2n) is 4.51. The van der Waals surface area contributed by atoms with E-state index in [2.05, 4.69) is 15.0 Å². The molecule has 122 valence electrons. The van der Waals surface area contributed by atoms with Crippen molar-refractivity contribution in [3.05, 3.63) is 29.4 Å². The van der Waals surface area contributed by atoms with Crippen molar-refractivity contribution in [1.29, 1.82) is 0 Å². The molecule has 8 heteroatoms. The van der Waals surface area contributed by atoms with Gasteiger partial charge in [-0.1, -0.05) is 0 Å². The highest BCUT2D eigenvalue weighted by molar-refractivity contribution is 7.14. The molecule has 0 bridgehead atoms. The number of aromatic nitrogens is 1. The number of rotatable bonds is 6. The summed E-state index contributed by atoms with van der Waals surface area (Å²) in [5.41, 5.74) is 1.12. The van der Waals surface area contributed by atoms with Crippen LogP contribution in [0, 0.1) is 5.82 Å². The number of hydrogen-bond donors (Lipinski definition) is 1. The van der Waals surface area contributed by atoms with Gasteiger partial charge in [-0.05, 0) is 18.2 Å². The van der Waals surface area contributed by atoms with Gasteiger partial charge in [0, 0.05) is 17.4 Å². The van der Waals surface area contributed by atoms with Crippen molar-refractivity contribution < 1.29 is 23.5 Å². The molecule has 0 radical (unpaired) electrons. The molecule has 23 heavy (non-hydrogen) atoms. The summed E-state index contributed by atoms with van der Waals surface area (Å²) in [6, 6.07) is 4.51. The zero-order valence-electron chi connectivity index (χ0n) is 12.6. The summed E-state index contributed by atoms with van der Waals surface area (Å²) in [5.74, 6) is -1.12. The molecule has 0 unspecified atom stereocenters. The summed E-state index contributed by atoms with van der Waals surface area (Å²) in [7, 11) is 2.66. The molecule has 1 heterocycles. The van der Waals surface area contributed by atoms with E-state index in [-0.39, 0.29) is 24.5 Å². The van der Waals surface area contributed by atoms with E-state index in [1.165, 1.54) is 37.7 Å². The first-order valence-electron chi connectivity index (χ1n) is 6.69. The molecule has 1 N–H and O–H groups in total. The van der Waals surface area contributed by atoms with Gasteiger partial charge in [0.15, 0.2) is 16.7 Å². The summed E-state index contributed by atoms with van der Waals surface area (Å²) in [6.45, 7) is 0. The van der Waals surface area contributed by atoms with E-state index in [1.807, 2.05) is 0 Å². The van der Waals surface area contributed by atoms with Gasteiger partial charge >= 0.3 is 5.97 Å². The maximum absolute atomic E-state index is 13.7. The third-order valence-corrected chi connectivity index (χ3v) is 3.74. The van der Waals surface area contributed by atoms with E-state index in [4.69, 9.17) is 4.74 Å². The molecule has 0 aliphatic carbocycles. The number of carbonyl (C=O) groups excluding carboxylic acids is 2. The predicted octanol–water partition coefficient (Wildman–Crippen LogP) is 2.85. The van der Waals surface area contributed by atoms with Crippen LogP contribution in [0.2, 0.25) is 0 Å². The zero-order valence-corrected chi connectivity index (χ0v) is 13.4. The first-order chi connectivity index (χ1) is 11.0. The second kappa shape index (κ2) is 7.68. The van der Waals surface area contributed by atoms with Crippen LogP contribution in [-0.2, 0) is 14.3 Å². The molecule has 0 atom stereocenters. The van der Waals surface area contributed by atoms with Crippen LogP contribution in [0.4, 0.5) is 9.52 Å². The standard InChI is InChI=1S/C15H15FN2O4S/c1-21-12-4-3-9(7-10(12)16)11-8-23-15(17-11)18-13(19)5-6-14(20)22-2/h3-4,7-8H,5-6H2,1-2H3,(H,17,18,19). The van der Waals surface area contributed by atoms with Crippen molar-refractivity contribution in [3.63, 3.8) is 0 Å². The smallest absolute Gasteiger partial charge is 0.306 e. The van der Waals surface area contributed by atoms with Crippen LogP contribution in [-0.4, -0.2) is 31.1 Å². The van der Waals surface area contributed by atoms with Crippen molar-refractivity contribution in [2.45, 2.75) is 12.8 Å². The van der Waals surface area contributed by atoms with Gasteiger partial charge in [0.2, 0.25) is 5.91 Å². The largest absolute Gasteiger partial charge is 0.494 e. The Hall–Kier alpha value is -2.48. The number of halogens is 1. The minimum Gasteiger partial charge on any atom is -0.494 e. The van der Waals surface area contributed by atoms with Crippen LogP contribution < -0.4 is 10.1 Å². The van der Waals surface area contributed by atoms with Gasteiger partial charge < -0.3 is 14.8 Å². The number of carbonyl (C=O) groups is 2. The average Bonchev–Trinajstić information content (AvgIpc) is 3.00. The van der Waals surface area contributed by atoms with E-state index in [0.29, 0.717) is 16.4 Å². The van der Waals surface area contributed by atoms with Crippen LogP contribution >= 0.6 is 11.3 Å². The number of amides is 1. The SMILES string of the molecule is COC(=O)CCC(=O)Nc1nc(-c2ccc(OC)c(F)c2)cs1. The van der Waals surface area contributed by atoms with Crippen molar-refractivity contribution in [2.24, 2.45) is 0 Å². The van der Waals surface area contributed by atoms with Crippen LogP contribution in [0.3, 0.4) is 0 Å². The Kier molecular flexibility index (Phi) is 5.64. The van der Waals surface area contributed by atoms with Gasteiger partial charge in [-0.15, -0.1) is 11.3 Å². The Bertz CT molecular complexity index is 717. The fourth-order valence-electron chi connectivity index (χ4n) is 1.79. The molecule has 1 aromatic heterocycles. The molecule has 0 saturated heterocycles. The number of benzene rings is 1. The lowest BCUT2D eigenvalue weighted by molar-refractivity contribution is -0.141. The zero-order chi connectivity index (χ0) is 16.8. The molecule has 6 nitrogen and oxygen atoms in total. The highest BCUT2D eigenvalue weighted by atomic mass is 32.1. The number of anilines is 1. The molecule has 1 aromatic carbocycles. The summed E-state index contributed by atoms with van der Waals surface area (Å²) >= 11 is 1.22. The molecular formula is C15H15FN2O4S. The Morgan fingerprint density at radius 1 is 1.30 bits per heavy atom. The van der Waals surface area contributed by atoms with Crippen molar-refractivity contribution in [2.75, 3.05) is 19.5 Å². The van der Waals surface area contributed by atoms with Gasteiger partial charge in [-0.2, -0.15) is 0 Å². The topological polar surface area (TPSA) is 77.5 Å². The second-order valence-corrected chi connectivity index (χ2v) is 5.37. The molecule has 0 fully saturated rings. The lowest BCUT2D eigenvalue weighted by Crippen LogP contribution is -2.13. The molecule has 0 aliphatic heterocycles. The third kappa shape index (κ3) is 4.49. The van der Waals surface area contributed by atoms with Crippen LogP contribution in [0.5, 0.6) is 5.75 Å². The highest BCUT2D eigenvalue weighted by Gasteiger charge is 2.11. The van der Waals surface area contributed by atoms with Gasteiger partial charge in [0.05, 0.1) is 26.3 Å². The Balaban J connectivity index is 2.01. The average molecular weight is 338 g/mol. The van der Waals surface area contributed by atoms with E-state index < -0.39 is 11.8 Å². The molecule has 2 rings (SSSR count). The summed E-state index contributed by atoms with van der Waals surface area (Å²) in [5, 5.41) is 4.68. The monoisotopic (exact) mass is 338 g/mol. The molecule has 2 aromatic rings. The maximum atomic E-state index is 13.7. The van der Waals surface area contributed by atoms with Gasteiger partial charge in [0.25, 0.3) is 0 Å². The van der Waals surface area contributed by atoms with Crippen LogP contribution in [0.25, 0.3) is 11.3 Å². The number of methoxy groups -OCH3 is 2. The molecular weight excluding hydrogens is 323 g/mol. The normalized spacial score (nSPS) is 10.2. The predicted molar refractivity (Wildman–Crippen MR) is 83.9 cm³/mol. The van der Waals surface area contributed by atoms with Gasteiger partial charge in [-0.3, -0.25) is 9.59 Å². The quantitative estimate of drug-likeness (QED) is 0.820. The number of hydrogen-bond acceptors (Lipinski definition) is 6. The molecule has 0 spiro atoms. The third-order valence-electron chi connectivity index (χ3n) is 2.98. The van der Waals surface area contributed by atoms with Crippen molar-refractivity contribution >= 4 is 28.3 Å². The molecule has 0 aliphatic rings. The minimum atomic E-state index is -0.485. The lowest BCUT2D eigenvalue weighted by atomic mass is 10.1. The van der Waals surface area contributed by atoms with Crippen molar-refractivity contribution in [1.82, 2.24) is 4.98 Å². The number of thiazole rings is 1. The Morgan fingerprint density at radius 3 is 2.74 bits per heavy atom. The lowest BCUT2D eigenvalue weighted by Gasteiger charge is -2.03. The van der Waals surface area contributed by atoms with Crippen molar-refractivity contribution in [3.8, 4) is 17.0 Å². The van der Waals surface area contributed by atoms with E-state index >= 15 is 0 Å². The Labute approximate surface area is 136 Å². The fourth-order valence-corrected chi connectivity index (χ4v) is 2.52. The van der Waals surface area contributed by atoms with Gasteiger partial charge in [-0.25, -0.2) is 9.37 Å². The first-order valence-corrected chi connectivity index (χ1v) is 7.57. The summed E-state index contributed by atoms with van der Waals surface area (Å²) in [4.78, 5) is 26.9. The van der Waals surface area contributed by atoms with E-state index in [0.717, 1.165) is 0 Å². The van der Waals surface area contributed by atoms with E-state index in [9.17, 15) is 14.0 Å². The minimum absolute atomic E-state index is 0.00422. The van der Waals surface area contributed by atoms with Gasteiger partial charge in [0.1, 0.15) is 0 Å². The highest BCUT2D eigenvalue weighted by Crippen LogP contribution is 2.28. The number of esters is 1. The fraction of sp³-hybridized carbons (Fsp3) is 0.267. The molecule has 1 amide bonds. The summed E-state index contributed by atoms with van der Waals surface area (Å²) < 4.78 is 23.0.